The van der Waals surface area contributed by atoms with Crippen LogP contribution in [0.1, 0.15) is 22.0 Å². The van der Waals surface area contributed by atoms with E-state index in [1.807, 2.05) is 6.07 Å². The molecular formula is C18H17FN4O2. The Labute approximate surface area is 144 Å². The number of urea groups is 1. The first-order valence-corrected chi connectivity index (χ1v) is 7.45. The van der Waals surface area contributed by atoms with E-state index in [2.05, 4.69) is 10.6 Å². The van der Waals surface area contributed by atoms with Crippen molar-refractivity contribution in [3.8, 4) is 6.07 Å². The third-order valence-electron chi connectivity index (χ3n) is 3.40. The Balaban J connectivity index is 2.16. The Hall–Kier alpha value is -3.40. The molecule has 0 aliphatic carbocycles. The first-order valence-electron chi connectivity index (χ1n) is 7.45. The number of benzene rings is 2. The molecule has 0 aliphatic rings. The summed E-state index contributed by atoms with van der Waals surface area (Å²) in [5.41, 5.74) is 0.773. The number of rotatable bonds is 4. The first kappa shape index (κ1) is 17.9. The van der Waals surface area contributed by atoms with Gasteiger partial charge in [0.25, 0.3) is 5.91 Å². The highest BCUT2D eigenvalue weighted by atomic mass is 19.1. The highest BCUT2D eigenvalue weighted by molar-refractivity contribution is 5.97. The van der Waals surface area contributed by atoms with Gasteiger partial charge in [0.05, 0.1) is 6.07 Å². The van der Waals surface area contributed by atoms with Gasteiger partial charge >= 0.3 is 6.03 Å². The van der Waals surface area contributed by atoms with Gasteiger partial charge in [0.1, 0.15) is 11.9 Å². The quantitative estimate of drug-likeness (QED) is 0.897. The molecule has 3 amide bonds. The zero-order valence-corrected chi connectivity index (χ0v) is 13.8. The second-order valence-electron chi connectivity index (χ2n) is 5.46. The third-order valence-corrected chi connectivity index (χ3v) is 3.40. The van der Waals surface area contributed by atoms with Crippen molar-refractivity contribution in [1.29, 1.82) is 5.26 Å². The summed E-state index contributed by atoms with van der Waals surface area (Å²) in [5.74, 6) is -1.11. The number of carbonyl (C=O) groups is 2. The summed E-state index contributed by atoms with van der Waals surface area (Å²) >= 11 is 0. The average Bonchev–Trinajstić information content (AvgIpc) is 2.60. The smallest absolute Gasteiger partial charge is 0.321 e. The van der Waals surface area contributed by atoms with E-state index in [-0.39, 0.29) is 17.2 Å². The molecular weight excluding hydrogens is 323 g/mol. The van der Waals surface area contributed by atoms with Crippen LogP contribution < -0.4 is 10.6 Å². The number of halogens is 1. The highest BCUT2D eigenvalue weighted by Gasteiger charge is 2.18. The molecule has 1 atom stereocenters. The lowest BCUT2D eigenvalue weighted by atomic mass is 10.1. The molecule has 0 radical (unpaired) electrons. The van der Waals surface area contributed by atoms with Gasteiger partial charge in [-0.1, -0.05) is 24.3 Å². The average molecular weight is 340 g/mol. The molecule has 2 rings (SSSR count). The fourth-order valence-electron chi connectivity index (χ4n) is 2.08. The molecule has 0 unspecified atom stereocenters. The Morgan fingerprint density at radius 1 is 1.16 bits per heavy atom. The third kappa shape index (κ3) is 4.54. The van der Waals surface area contributed by atoms with Crippen LogP contribution in [0.3, 0.4) is 0 Å². The number of nitrogens with zero attached hydrogens (tertiary/aromatic N) is 2. The molecule has 0 spiro atoms. The second-order valence-corrected chi connectivity index (χ2v) is 5.46. The van der Waals surface area contributed by atoms with Crippen LogP contribution in [-0.2, 0) is 0 Å². The molecule has 25 heavy (non-hydrogen) atoms. The highest BCUT2D eigenvalue weighted by Crippen LogP contribution is 2.18. The van der Waals surface area contributed by atoms with Crippen molar-refractivity contribution in [2.75, 3.05) is 19.4 Å². The summed E-state index contributed by atoms with van der Waals surface area (Å²) in [4.78, 5) is 25.4. The molecule has 0 bridgehead atoms. The molecule has 0 saturated carbocycles. The van der Waals surface area contributed by atoms with Crippen LogP contribution >= 0.6 is 0 Å². The summed E-state index contributed by atoms with van der Waals surface area (Å²) in [5, 5.41) is 14.3. The van der Waals surface area contributed by atoms with Crippen molar-refractivity contribution in [3.63, 3.8) is 0 Å². The lowest BCUT2D eigenvalue weighted by Gasteiger charge is -2.14. The predicted octanol–water partition coefficient (Wildman–Crippen LogP) is 2.91. The minimum atomic E-state index is -1.12. The Kier molecular flexibility index (Phi) is 5.69. The zero-order valence-electron chi connectivity index (χ0n) is 13.8. The van der Waals surface area contributed by atoms with E-state index < -0.39 is 17.8 Å². The van der Waals surface area contributed by atoms with Crippen molar-refractivity contribution < 1.29 is 14.0 Å². The van der Waals surface area contributed by atoms with Crippen LogP contribution in [0.5, 0.6) is 0 Å². The minimum absolute atomic E-state index is 0.0930. The number of anilines is 1. The van der Waals surface area contributed by atoms with Gasteiger partial charge in [-0.25, -0.2) is 9.18 Å². The van der Waals surface area contributed by atoms with Gasteiger partial charge < -0.3 is 15.5 Å². The SMILES string of the molecule is CN(C)C(=O)Nc1cccc(C(=O)N[C@H](C#N)c2ccccc2F)c1. The van der Waals surface area contributed by atoms with Crippen LogP contribution in [0.15, 0.2) is 48.5 Å². The van der Waals surface area contributed by atoms with Crippen LogP contribution in [0.25, 0.3) is 0 Å². The summed E-state index contributed by atoms with van der Waals surface area (Å²) in [7, 11) is 3.19. The number of carbonyl (C=O) groups excluding carboxylic acids is 2. The van der Waals surface area contributed by atoms with Crippen molar-refractivity contribution >= 4 is 17.6 Å². The lowest BCUT2D eigenvalue weighted by molar-refractivity contribution is 0.0944. The molecule has 128 valence electrons. The van der Waals surface area contributed by atoms with Crippen LogP contribution in [0.2, 0.25) is 0 Å². The van der Waals surface area contributed by atoms with E-state index in [4.69, 9.17) is 0 Å². The summed E-state index contributed by atoms with van der Waals surface area (Å²) in [6.07, 6.45) is 0. The Morgan fingerprint density at radius 2 is 1.88 bits per heavy atom. The number of nitrogens with one attached hydrogen (secondary N) is 2. The van der Waals surface area contributed by atoms with E-state index in [1.54, 1.807) is 32.3 Å². The molecule has 7 heteroatoms. The molecule has 0 saturated heterocycles. The van der Waals surface area contributed by atoms with E-state index >= 15 is 0 Å². The maximum absolute atomic E-state index is 13.8. The number of nitriles is 1. The van der Waals surface area contributed by atoms with Gasteiger partial charge in [-0.3, -0.25) is 4.79 Å². The molecule has 2 aromatic rings. The van der Waals surface area contributed by atoms with Gasteiger partial charge in [-0.15, -0.1) is 0 Å². The largest absolute Gasteiger partial charge is 0.332 e. The molecule has 2 N–H and O–H groups in total. The molecule has 0 fully saturated rings. The monoisotopic (exact) mass is 340 g/mol. The Morgan fingerprint density at radius 3 is 2.52 bits per heavy atom. The fourth-order valence-corrected chi connectivity index (χ4v) is 2.08. The minimum Gasteiger partial charge on any atom is -0.332 e. The van der Waals surface area contributed by atoms with Crippen molar-refractivity contribution in [1.82, 2.24) is 10.2 Å². The normalized spacial score (nSPS) is 11.1. The number of amides is 3. The summed E-state index contributed by atoms with van der Waals surface area (Å²) in [6, 6.07) is 12.4. The molecule has 2 aromatic carbocycles. The van der Waals surface area contributed by atoms with Gasteiger partial charge in [0.2, 0.25) is 0 Å². The predicted molar refractivity (Wildman–Crippen MR) is 91.4 cm³/mol. The van der Waals surface area contributed by atoms with Gasteiger partial charge in [0.15, 0.2) is 0 Å². The Bertz CT molecular complexity index is 830. The first-order chi connectivity index (χ1) is 11.9. The standard InChI is InChI=1S/C18H17FN4O2/c1-23(2)18(25)21-13-7-5-6-12(10-13)17(24)22-16(11-20)14-8-3-4-9-15(14)19/h3-10,16H,1-2H3,(H,21,25)(H,22,24)/t16-/m1/s1. The second kappa shape index (κ2) is 7.93. The van der Waals surface area contributed by atoms with Crippen molar-refractivity contribution in [2.45, 2.75) is 6.04 Å². The molecule has 6 nitrogen and oxygen atoms in total. The maximum atomic E-state index is 13.8. The van der Waals surface area contributed by atoms with E-state index in [0.29, 0.717) is 5.69 Å². The zero-order chi connectivity index (χ0) is 18.4. The van der Waals surface area contributed by atoms with E-state index in [1.165, 1.54) is 35.2 Å². The molecule has 0 aliphatic heterocycles. The number of hydrogen-bond acceptors (Lipinski definition) is 3. The summed E-state index contributed by atoms with van der Waals surface area (Å²) < 4.78 is 13.8. The van der Waals surface area contributed by atoms with Crippen LogP contribution in [0, 0.1) is 17.1 Å². The summed E-state index contributed by atoms with van der Waals surface area (Å²) in [6.45, 7) is 0. The van der Waals surface area contributed by atoms with Crippen molar-refractivity contribution in [2.24, 2.45) is 0 Å². The lowest BCUT2D eigenvalue weighted by Crippen LogP contribution is -2.29. The topological polar surface area (TPSA) is 85.2 Å². The fraction of sp³-hybridized carbons (Fsp3) is 0.167. The van der Waals surface area contributed by atoms with E-state index in [0.717, 1.165) is 0 Å². The van der Waals surface area contributed by atoms with Gasteiger partial charge in [-0.05, 0) is 24.3 Å². The molecule has 0 aromatic heterocycles. The number of hydrogen-bond donors (Lipinski definition) is 2. The van der Waals surface area contributed by atoms with Gasteiger partial charge in [0, 0.05) is 30.9 Å². The van der Waals surface area contributed by atoms with Gasteiger partial charge in [-0.2, -0.15) is 5.26 Å². The maximum Gasteiger partial charge on any atom is 0.321 e. The van der Waals surface area contributed by atoms with Crippen LogP contribution in [-0.4, -0.2) is 30.9 Å². The van der Waals surface area contributed by atoms with E-state index in [9.17, 15) is 19.2 Å². The van der Waals surface area contributed by atoms with Crippen molar-refractivity contribution in [3.05, 3.63) is 65.5 Å². The van der Waals surface area contributed by atoms with Crippen LogP contribution in [0.4, 0.5) is 14.9 Å². The molecule has 0 heterocycles.